The molecule has 2 aliphatic rings. The highest BCUT2D eigenvalue weighted by Crippen LogP contribution is 2.32. The molecule has 6 nitrogen and oxygen atoms in total. The third kappa shape index (κ3) is 4.17. The third-order valence-corrected chi connectivity index (χ3v) is 5.43. The minimum Gasteiger partial charge on any atom is -0.417 e. The van der Waals surface area contributed by atoms with E-state index in [1.54, 1.807) is 17.9 Å². The van der Waals surface area contributed by atoms with Crippen LogP contribution in [0.25, 0.3) is 0 Å². The van der Waals surface area contributed by atoms with Crippen LogP contribution >= 0.6 is 0 Å². The van der Waals surface area contributed by atoms with Gasteiger partial charge in [-0.25, -0.2) is 18.7 Å². The summed E-state index contributed by atoms with van der Waals surface area (Å²) < 4.78 is 54.9. The van der Waals surface area contributed by atoms with Crippen molar-refractivity contribution in [3.05, 3.63) is 46.9 Å². The molecule has 0 aromatic carbocycles. The molecule has 4 rings (SSSR count). The summed E-state index contributed by atoms with van der Waals surface area (Å²) in [6.07, 6.45) is -0.910. The number of aromatic nitrogens is 2. The number of amides is 1. The fourth-order valence-corrected chi connectivity index (χ4v) is 3.89. The van der Waals surface area contributed by atoms with Crippen molar-refractivity contribution >= 4 is 11.6 Å². The summed E-state index contributed by atoms with van der Waals surface area (Å²) >= 11 is 0. The molecule has 10 heteroatoms. The number of nitrogens with zero attached hydrogens (tertiary/aromatic N) is 4. The summed E-state index contributed by atoms with van der Waals surface area (Å²) in [4.78, 5) is 24.0. The van der Waals surface area contributed by atoms with Crippen molar-refractivity contribution in [1.82, 2.24) is 14.9 Å². The smallest absolute Gasteiger partial charge is 0.388 e. The van der Waals surface area contributed by atoms with E-state index in [4.69, 9.17) is 0 Å². The average molecular weight is 424 g/mol. The van der Waals surface area contributed by atoms with E-state index in [1.165, 1.54) is 18.3 Å². The topological polar surface area (TPSA) is 58.6 Å². The maximum absolute atomic E-state index is 13.0. The van der Waals surface area contributed by atoms with E-state index in [0.717, 1.165) is 11.1 Å². The molecule has 0 saturated carbocycles. The standard InChI is InChI=1S/C20H20F4N4O2/c1-11-4-15(19(21)22)26-16-10-28(9-14(11)16)18(29)5-12-7-27(8-12)13-2-3-25-17(6-13)30-20(23)24/h2-4,6,12,19-20H,5,7-10H2,1H3. The first-order valence-corrected chi connectivity index (χ1v) is 9.51. The van der Waals surface area contributed by atoms with Gasteiger partial charge in [-0.05, 0) is 30.2 Å². The summed E-state index contributed by atoms with van der Waals surface area (Å²) in [5, 5.41) is 0. The van der Waals surface area contributed by atoms with E-state index < -0.39 is 13.0 Å². The quantitative estimate of drug-likeness (QED) is 0.662. The van der Waals surface area contributed by atoms with Gasteiger partial charge in [0.05, 0.1) is 12.2 Å². The Bertz CT molecular complexity index is 950. The lowest BCUT2D eigenvalue weighted by Gasteiger charge is -2.41. The van der Waals surface area contributed by atoms with Crippen LogP contribution in [0.1, 0.15) is 35.4 Å². The van der Waals surface area contributed by atoms with Gasteiger partial charge in [0.2, 0.25) is 11.8 Å². The van der Waals surface area contributed by atoms with Crippen LogP contribution in [-0.2, 0) is 17.9 Å². The van der Waals surface area contributed by atoms with Gasteiger partial charge in [0.25, 0.3) is 6.43 Å². The summed E-state index contributed by atoms with van der Waals surface area (Å²) in [7, 11) is 0. The molecular weight excluding hydrogens is 404 g/mol. The van der Waals surface area contributed by atoms with Crippen LogP contribution in [0.4, 0.5) is 23.2 Å². The lowest BCUT2D eigenvalue weighted by molar-refractivity contribution is -0.133. The van der Waals surface area contributed by atoms with Crippen molar-refractivity contribution < 1.29 is 27.1 Å². The first-order valence-electron chi connectivity index (χ1n) is 9.51. The molecular formula is C20H20F4N4O2. The Balaban J connectivity index is 1.32. The number of pyridine rings is 2. The maximum atomic E-state index is 13.0. The van der Waals surface area contributed by atoms with Gasteiger partial charge in [-0.1, -0.05) is 0 Å². The van der Waals surface area contributed by atoms with Crippen LogP contribution in [0.5, 0.6) is 5.88 Å². The molecule has 2 aromatic heterocycles. The van der Waals surface area contributed by atoms with Crippen molar-refractivity contribution in [3.8, 4) is 5.88 Å². The van der Waals surface area contributed by atoms with Crippen molar-refractivity contribution in [2.24, 2.45) is 5.92 Å². The van der Waals surface area contributed by atoms with Crippen molar-refractivity contribution in [1.29, 1.82) is 0 Å². The van der Waals surface area contributed by atoms with E-state index >= 15 is 0 Å². The third-order valence-electron chi connectivity index (χ3n) is 5.43. The van der Waals surface area contributed by atoms with Gasteiger partial charge in [0, 0.05) is 49.9 Å². The zero-order valence-corrected chi connectivity index (χ0v) is 16.2. The molecule has 4 heterocycles. The molecule has 0 N–H and O–H groups in total. The van der Waals surface area contributed by atoms with Gasteiger partial charge < -0.3 is 14.5 Å². The molecule has 0 radical (unpaired) electrons. The van der Waals surface area contributed by atoms with Crippen LogP contribution in [0.2, 0.25) is 0 Å². The first-order chi connectivity index (χ1) is 14.3. The Morgan fingerprint density at radius 1 is 1.23 bits per heavy atom. The van der Waals surface area contributed by atoms with Gasteiger partial charge in [-0.3, -0.25) is 4.79 Å². The largest absolute Gasteiger partial charge is 0.417 e. The molecule has 30 heavy (non-hydrogen) atoms. The number of rotatable bonds is 6. The minimum absolute atomic E-state index is 0.0490. The number of alkyl halides is 4. The second kappa shape index (κ2) is 8.08. The average Bonchev–Trinajstić information content (AvgIpc) is 3.08. The minimum atomic E-state index is -2.94. The molecule has 2 aromatic rings. The highest BCUT2D eigenvalue weighted by Gasteiger charge is 2.33. The SMILES string of the molecule is Cc1cc(C(F)F)nc2c1CN(C(=O)CC1CN(c3ccnc(OC(F)F)c3)C1)C2. The molecule has 0 bridgehead atoms. The predicted octanol–water partition coefficient (Wildman–Crippen LogP) is 3.69. The number of carbonyl (C=O) groups excluding carboxylic acids is 1. The number of hydrogen-bond donors (Lipinski definition) is 0. The second-order valence-corrected chi connectivity index (χ2v) is 7.55. The van der Waals surface area contributed by atoms with Crippen molar-refractivity contribution in [2.45, 2.75) is 39.5 Å². The zero-order chi connectivity index (χ0) is 21.4. The predicted molar refractivity (Wildman–Crippen MR) is 99.4 cm³/mol. The van der Waals surface area contributed by atoms with Crippen LogP contribution in [-0.4, -0.2) is 40.5 Å². The highest BCUT2D eigenvalue weighted by molar-refractivity contribution is 5.77. The summed E-state index contributed by atoms with van der Waals surface area (Å²) in [6.45, 7) is 0.657. The second-order valence-electron chi connectivity index (χ2n) is 7.55. The fourth-order valence-electron chi connectivity index (χ4n) is 3.89. The molecule has 1 amide bonds. The van der Waals surface area contributed by atoms with Crippen LogP contribution < -0.4 is 9.64 Å². The fraction of sp³-hybridized carbons (Fsp3) is 0.450. The monoisotopic (exact) mass is 424 g/mol. The molecule has 160 valence electrons. The van der Waals surface area contributed by atoms with E-state index in [9.17, 15) is 22.4 Å². The summed E-state index contributed by atoms with van der Waals surface area (Å²) in [5.41, 5.74) is 2.54. The molecule has 2 aliphatic heterocycles. The van der Waals surface area contributed by atoms with Crippen LogP contribution in [0.3, 0.4) is 0 Å². The Labute approximate surface area is 170 Å². The summed E-state index contributed by atoms with van der Waals surface area (Å²) in [6, 6.07) is 4.51. The lowest BCUT2D eigenvalue weighted by atomic mass is 9.95. The number of anilines is 1. The zero-order valence-electron chi connectivity index (χ0n) is 16.2. The first kappa shape index (κ1) is 20.4. The van der Waals surface area contributed by atoms with Gasteiger partial charge >= 0.3 is 6.61 Å². The van der Waals surface area contributed by atoms with Gasteiger partial charge in [0.1, 0.15) is 5.69 Å². The van der Waals surface area contributed by atoms with Crippen molar-refractivity contribution in [2.75, 3.05) is 18.0 Å². The number of ether oxygens (including phenoxy) is 1. The molecule has 0 atom stereocenters. The van der Waals surface area contributed by atoms with Crippen LogP contribution in [0.15, 0.2) is 24.4 Å². The van der Waals surface area contributed by atoms with Crippen molar-refractivity contribution in [3.63, 3.8) is 0 Å². The molecule has 0 aliphatic carbocycles. The molecule has 1 saturated heterocycles. The Morgan fingerprint density at radius 3 is 2.70 bits per heavy atom. The Morgan fingerprint density at radius 2 is 2.00 bits per heavy atom. The normalized spacial score (nSPS) is 16.2. The van der Waals surface area contributed by atoms with Crippen LogP contribution in [0, 0.1) is 12.8 Å². The number of halogens is 4. The van der Waals surface area contributed by atoms with Gasteiger partial charge in [-0.2, -0.15) is 8.78 Å². The highest BCUT2D eigenvalue weighted by atomic mass is 19.3. The van der Waals surface area contributed by atoms with E-state index in [1.807, 2.05) is 4.90 Å². The molecule has 0 spiro atoms. The molecule has 1 fully saturated rings. The maximum Gasteiger partial charge on any atom is 0.388 e. The summed E-state index contributed by atoms with van der Waals surface area (Å²) in [5.74, 6) is -0.0745. The number of aryl methyl sites for hydroxylation is 1. The van der Waals surface area contributed by atoms with Gasteiger partial charge in [0.15, 0.2) is 0 Å². The van der Waals surface area contributed by atoms with Gasteiger partial charge in [-0.15, -0.1) is 0 Å². The lowest BCUT2D eigenvalue weighted by Crippen LogP contribution is -2.48. The van der Waals surface area contributed by atoms with E-state index in [2.05, 4.69) is 14.7 Å². The number of carbonyl (C=O) groups is 1. The number of hydrogen-bond acceptors (Lipinski definition) is 5. The van der Waals surface area contributed by atoms with E-state index in [-0.39, 0.29) is 29.9 Å². The number of fused-ring (bicyclic) bond motifs is 1. The molecule has 0 unspecified atom stereocenters. The Hall–Kier alpha value is -2.91. The van der Waals surface area contributed by atoms with E-state index in [0.29, 0.717) is 37.4 Å². The Kier molecular flexibility index (Phi) is 5.48.